The molecule has 1 fully saturated rings. The van der Waals surface area contributed by atoms with Gasteiger partial charge in [-0.05, 0) is 12.3 Å². The summed E-state index contributed by atoms with van der Waals surface area (Å²) < 4.78 is 0. The van der Waals surface area contributed by atoms with E-state index in [1.807, 2.05) is 7.05 Å². The smallest absolute Gasteiger partial charge is 0.0139 e. The van der Waals surface area contributed by atoms with Crippen molar-refractivity contribution in [1.29, 1.82) is 0 Å². The molecule has 1 heteroatoms. The van der Waals surface area contributed by atoms with Crippen LogP contribution in [0.25, 0.3) is 0 Å². The average molecular weight is 151 g/mol. The van der Waals surface area contributed by atoms with Gasteiger partial charge in [0.25, 0.3) is 0 Å². The predicted octanol–water partition coefficient (Wildman–Crippen LogP) is 2.62. The van der Waals surface area contributed by atoms with Crippen LogP contribution < -0.4 is 0 Å². The Hall–Kier alpha value is -0.720. The second kappa shape index (κ2) is 2.72. The molecule has 0 amide bonds. The molecule has 62 valence electrons. The maximum absolute atomic E-state index is 4.05. The van der Waals surface area contributed by atoms with Crippen molar-refractivity contribution >= 4 is 0 Å². The van der Waals surface area contributed by atoms with Crippen LogP contribution in [0.15, 0.2) is 24.6 Å². The molecular formula is C10H17N. The van der Waals surface area contributed by atoms with Gasteiger partial charge in [-0.25, -0.2) is 0 Å². The predicted molar refractivity (Wildman–Crippen MR) is 49.0 cm³/mol. The van der Waals surface area contributed by atoms with E-state index >= 15 is 0 Å². The molecule has 11 heavy (non-hydrogen) atoms. The highest BCUT2D eigenvalue weighted by atomic mass is 15.1. The summed E-state index contributed by atoms with van der Waals surface area (Å²) in [6, 6.07) is 0. The molecule has 1 saturated heterocycles. The van der Waals surface area contributed by atoms with Crippen molar-refractivity contribution in [2.45, 2.75) is 20.3 Å². The van der Waals surface area contributed by atoms with Gasteiger partial charge in [0.1, 0.15) is 0 Å². The van der Waals surface area contributed by atoms with E-state index in [1.165, 1.54) is 11.4 Å². The zero-order chi connectivity index (χ0) is 8.59. The first-order valence-electron chi connectivity index (χ1n) is 4.14. The van der Waals surface area contributed by atoms with E-state index < -0.39 is 0 Å². The maximum atomic E-state index is 4.05. The van der Waals surface area contributed by atoms with Gasteiger partial charge < -0.3 is 4.90 Å². The summed E-state index contributed by atoms with van der Waals surface area (Å²) >= 11 is 0. The fourth-order valence-electron chi connectivity index (χ4n) is 1.58. The molecule has 1 unspecified atom stereocenters. The molecule has 0 bridgehead atoms. The molecule has 0 saturated carbocycles. The van der Waals surface area contributed by atoms with Gasteiger partial charge in [0, 0.05) is 24.4 Å². The molecule has 0 aromatic heterocycles. The van der Waals surface area contributed by atoms with E-state index in [-0.39, 0.29) is 0 Å². The van der Waals surface area contributed by atoms with Gasteiger partial charge in [-0.3, -0.25) is 0 Å². The third-order valence-electron chi connectivity index (χ3n) is 2.59. The molecule has 0 aromatic carbocycles. The first-order valence-corrected chi connectivity index (χ1v) is 4.14. The minimum atomic E-state index is 0.618. The number of rotatable bonds is 1. The first-order chi connectivity index (χ1) is 5.04. The minimum absolute atomic E-state index is 0.618. The van der Waals surface area contributed by atoms with Gasteiger partial charge in [0.05, 0.1) is 0 Å². The lowest BCUT2D eigenvalue weighted by molar-refractivity contribution is 0.439. The van der Waals surface area contributed by atoms with Gasteiger partial charge in [0.15, 0.2) is 0 Å². The average Bonchev–Trinajstić information content (AvgIpc) is 2.17. The van der Waals surface area contributed by atoms with Crippen molar-refractivity contribution in [2.24, 2.45) is 11.8 Å². The Kier molecular flexibility index (Phi) is 2.08. The van der Waals surface area contributed by atoms with Gasteiger partial charge in [0.2, 0.25) is 0 Å². The standard InChI is InChI=1S/C10H17N/c1-7(2)10-6-8(3)11(5)9(10)4/h7,10H,3-4,6H2,1-2,5H3. The van der Waals surface area contributed by atoms with Crippen molar-refractivity contribution in [2.75, 3.05) is 7.05 Å². The molecular weight excluding hydrogens is 134 g/mol. The van der Waals surface area contributed by atoms with Gasteiger partial charge in [-0.15, -0.1) is 0 Å². The van der Waals surface area contributed by atoms with E-state index in [9.17, 15) is 0 Å². The Morgan fingerprint density at radius 2 is 2.00 bits per heavy atom. The SMILES string of the molecule is C=C1CC(C(C)C)C(=C)N1C. The summed E-state index contributed by atoms with van der Waals surface area (Å²) in [6.07, 6.45) is 1.09. The zero-order valence-electron chi connectivity index (χ0n) is 7.72. The summed E-state index contributed by atoms with van der Waals surface area (Å²) in [5.41, 5.74) is 2.43. The molecule has 1 rings (SSSR count). The monoisotopic (exact) mass is 151 g/mol. The molecule has 0 N–H and O–H groups in total. The van der Waals surface area contributed by atoms with E-state index in [0.717, 1.165) is 6.42 Å². The summed E-state index contributed by atoms with van der Waals surface area (Å²) in [7, 11) is 2.05. The zero-order valence-corrected chi connectivity index (χ0v) is 7.72. The lowest BCUT2D eigenvalue weighted by Crippen LogP contribution is -2.12. The van der Waals surface area contributed by atoms with Crippen LogP contribution in [-0.4, -0.2) is 11.9 Å². The molecule has 1 atom stereocenters. The van der Waals surface area contributed by atoms with Crippen LogP contribution in [0.4, 0.5) is 0 Å². The Balaban J connectivity index is 2.75. The summed E-state index contributed by atoms with van der Waals surface area (Å²) in [5, 5.41) is 0. The molecule has 0 aliphatic carbocycles. The molecule has 0 radical (unpaired) electrons. The third-order valence-corrected chi connectivity index (χ3v) is 2.59. The second-order valence-electron chi connectivity index (χ2n) is 3.67. The Morgan fingerprint density at radius 3 is 2.18 bits per heavy atom. The number of hydrogen-bond acceptors (Lipinski definition) is 1. The molecule has 1 nitrogen and oxygen atoms in total. The Labute approximate surface area is 69.4 Å². The van der Waals surface area contributed by atoms with Crippen LogP contribution in [0, 0.1) is 11.8 Å². The fraction of sp³-hybridized carbons (Fsp3) is 0.600. The van der Waals surface area contributed by atoms with Gasteiger partial charge in [-0.2, -0.15) is 0 Å². The van der Waals surface area contributed by atoms with Crippen molar-refractivity contribution in [1.82, 2.24) is 4.90 Å². The van der Waals surface area contributed by atoms with E-state index in [0.29, 0.717) is 11.8 Å². The largest absolute Gasteiger partial charge is 0.352 e. The van der Waals surface area contributed by atoms with E-state index in [1.54, 1.807) is 0 Å². The lowest BCUT2D eigenvalue weighted by Gasteiger charge is -2.17. The molecule has 1 aliphatic heterocycles. The first kappa shape index (κ1) is 8.38. The highest BCUT2D eigenvalue weighted by Crippen LogP contribution is 2.36. The number of likely N-dealkylation sites (tertiary alicyclic amines) is 1. The summed E-state index contributed by atoms with van der Waals surface area (Å²) in [6.45, 7) is 12.5. The van der Waals surface area contributed by atoms with E-state index in [2.05, 4.69) is 31.9 Å². The van der Waals surface area contributed by atoms with Gasteiger partial charge in [-0.1, -0.05) is 27.0 Å². The minimum Gasteiger partial charge on any atom is -0.352 e. The van der Waals surface area contributed by atoms with Crippen LogP contribution in [-0.2, 0) is 0 Å². The number of allylic oxidation sites excluding steroid dienone is 2. The topological polar surface area (TPSA) is 3.24 Å². The fourth-order valence-corrected chi connectivity index (χ4v) is 1.58. The van der Waals surface area contributed by atoms with Crippen molar-refractivity contribution in [3.05, 3.63) is 24.6 Å². The normalized spacial score (nSPS) is 25.5. The lowest BCUT2D eigenvalue weighted by atomic mass is 9.92. The van der Waals surface area contributed by atoms with Crippen LogP contribution in [0.1, 0.15) is 20.3 Å². The van der Waals surface area contributed by atoms with Crippen LogP contribution in [0.5, 0.6) is 0 Å². The van der Waals surface area contributed by atoms with Crippen LogP contribution in [0.2, 0.25) is 0 Å². The molecule has 1 heterocycles. The van der Waals surface area contributed by atoms with E-state index in [4.69, 9.17) is 0 Å². The third kappa shape index (κ3) is 1.32. The second-order valence-corrected chi connectivity index (χ2v) is 3.67. The van der Waals surface area contributed by atoms with Crippen molar-refractivity contribution < 1.29 is 0 Å². The molecule has 0 spiro atoms. The van der Waals surface area contributed by atoms with Crippen LogP contribution in [0.3, 0.4) is 0 Å². The quantitative estimate of drug-likeness (QED) is 0.557. The Bertz CT molecular complexity index is 191. The Morgan fingerprint density at radius 1 is 1.45 bits per heavy atom. The van der Waals surface area contributed by atoms with Crippen molar-refractivity contribution in [3.8, 4) is 0 Å². The summed E-state index contributed by atoms with van der Waals surface area (Å²) in [4.78, 5) is 2.12. The highest BCUT2D eigenvalue weighted by molar-refractivity contribution is 5.19. The summed E-state index contributed by atoms with van der Waals surface area (Å²) in [5.74, 6) is 1.30. The number of nitrogens with zero attached hydrogens (tertiary/aromatic N) is 1. The highest BCUT2D eigenvalue weighted by Gasteiger charge is 2.28. The van der Waals surface area contributed by atoms with Gasteiger partial charge >= 0.3 is 0 Å². The maximum Gasteiger partial charge on any atom is 0.0139 e. The number of hydrogen-bond donors (Lipinski definition) is 0. The van der Waals surface area contributed by atoms with Crippen LogP contribution >= 0.6 is 0 Å². The van der Waals surface area contributed by atoms with Crippen molar-refractivity contribution in [3.63, 3.8) is 0 Å². The molecule has 1 aliphatic rings. The molecule has 0 aromatic rings.